The van der Waals surface area contributed by atoms with Crippen LogP contribution in [0.5, 0.6) is 11.5 Å². The first-order chi connectivity index (χ1) is 18.0. The van der Waals surface area contributed by atoms with Crippen molar-refractivity contribution in [3.63, 3.8) is 0 Å². The van der Waals surface area contributed by atoms with Gasteiger partial charge in [0, 0.05) is 43.5 Å². The average Bonchev–Trinajstić information content (AvgIpc) is 3.33. The van der Waals surface area contributed by atoms with E-state index in [1.165, 1.54) is 22.0 Å². The van der Waals surface area contributed by atoms with Crippen LogP contribution in [0, 0.1) is 11.6 Å². The smallest absolute Gasteiger partial charge is 0.264 e. The Morgan fingerprint density at radius 2 is 1.76 bits per heavy atom. The molecular formula is C28H26F2N2O5S. The highest BCUT2D eigenvalue weighted by Crippen LogP contribution is 2.42. The fraction of sp³-hybridized carbons (Fsp3) is 0.286. The first kappa shape index (κ1) is 26.0. The number of nitrogens with zero attached hydrogens (tertiary/aromatic N) is 2. The van der Waals surface area contributed by atoms with E-state index < -0.39 is 17.2 Å². The van der Waals surface area contributed by atoms with Gasteiger partial charge in [0.25, 0.3) is 11.5 Å². The maximum atomic E-state index is 14.5. The Labute approximate surface area is 221 Å². The van der Waals surface area contributed by atoms with Crippen molar-refractivity contribution in [2.24, 2.45) is 7.05 Å². The molecule has 0 atom stereocenters. The van der Waals surface area contributed by atoms with Gasteiger partial charge < -0.3 is 24.0 Å². The summed E-state index contributed by atoms with van der Waals surface area (Å²) in [6, 6.07) is 9.57. The van der Waals surface area contributed by atoms with Crippen LogP contribution in [0.3, 0.4) is 0 Å². The lowest BCUT2D eigenvalue weighted by molar-refractivity contribution is 0.0306. The van der Waals surface area contributed by atoms with E-state index in [2.05, 4.69) is 0 Å². The molecule has 0 unspecified atom stereocenters. The molecule has 0 saturated carbocycles. The van der Waals surface area contributed by atoms with E-state index in [9.17, 15) is 23.5 Å². The molecule has 4 aromatic rings. The molecule has 1 saturated heterocycles. The molecule has 1 amide bonds. The van der Waals surface area contributed by atoms with Crippen LogP contribution in [0.1, 0.15) is 29.1 Å². The molecule has 3 heterocycles. The number of aliphatic hydroxyl groups is 1. The molecule has 1 aliphatic heterocycles. The van der Waals surface area contributed by atoms with Crippen molar-refractivity contribution in [2.75, 3.05) is 26.3 Å². The Hall–Kier alpha value is -3.60. The third-order valence-corrected chi connectivity index (χ3v) is 7.61. The van der Waals surface area contributed by atoms with Crippen molar-refractivity contribution in [3.8, 4) is 22.6 Å². The fourth-order valence-electron chi connectivity index (χ4n) is 4.36. The lowest BCUT2D eigenvalue weighted by Gasteiger charge is -2.26. The predicted octanol–water partition coefficient (Wildman–Crippen LogP) is 5.04. The Morgan fingerprint density at radius 3 is 2.45 bits per heavy atom. The SMILES string of the molecule is Cn1cc(-c2cc(C(C)(C)O)ccc2Oc2ccc(F)cc2F)c2sc(C(=O)N3CCOCC3)cc2c1=O. The van der Waals surface area contributed by atoms with Crippen LogP contribution in [-0.2, 0) is 17.4 Å². The number of amides is 1. The predicted molar refractivity (Wildman–Crippen MR) is 141 cm³/mol. The van der Waals surface area contributed by atoms with Crippen molar-refractivity contribution in [2.45, 2.75) is 19.4 Å². The molecular weight excluding hydrogens is 514 g/mol. The number of hydrogen-bond donors (Lipinski definition) is 1. The largest absolute Gasteiger partial charge is 0.454 e. The van der Waals surface area contributed by atoms with Gasteiger partial charge in [-0.15, -0.1) is 11.3 Å². The number of halogens is 2. The van der Waals surface area contributed by atoms with Crippen LogP contribution in [0.2, 0.25) is 0 Å². The molecule has 1 aliphatic rings. The second-order valence-electron chi connectivity index (χ2n) is 9.66. The zero-order valence-electron chi connectivity index (χ0n) is 21.1. The molecule has 198 valence electrons. The summed E-state index contributed by atoms with van der Waals surface area (Å²) in [4.78, 5) is 28.4. The summed E-state index contributed by atoms with van der Waals surface area (Å²) in [5.74, 6) is -1.74. The highest BCUT2D eigenvalue weighted by molar-refractivity contribution is 7.21. The van der Waals surface area contributed by atoms with Gasteiger partial charge >= 0.3 is 0 Å². The van der Waals surface area contributed by atoms with Gasteiger partial charge in [0.05, 0.1) is 33.8 Å². The summed E-state index contributed by atoms with van der Waals surface area (Å²) in [5.41, 5.74) is 0.119. The lowest BCUT2D eigenvalue weighted by atomic mass is 9.94. The van der Waals surface area contributed by atoms with Crippen molar-refractivity contribution < 1.29 is 28.2 Å². The fourth-order valence-corrected chi connectivity index (χ4v) is 5.50. The molecule has 1 fully saturated rings. The number of carbonyl (C=O) groups excluding carboxylic acids is 1. The molecule has 10 heteroatoms. The first-order valence-corrected chi connectivity index (χ1v) is 12.8. The second kappa shape index (κ2) is 9.94. The number of morpholine rings is 1. The molecule has 0 radical (unpaired) electrons. The van der Waals surface area contributed by atoms with Gasteiger partial charge in [-0.25, -0.2) is 8.78 Å². The maximum Gasteiger partial charge on any atom is 0.264 e. The van der Waals surface area contributed by atoms with Gasteiger partial charge in [-0.05, 0) is 49.7 Å². The quantitative estimate of drug-likeness (QED) is 0.384. The standard InChI is InChI=1S/C28H26F2N2O5S/c1-28(2,35)16-4-6-22(37-23-7-5-17(29)13-21(23)30)18(12-16)20-15-31(3)26(33)19-14-24(38-25(19)20)27(34)32-8-10-36-11-9-32/h4-7,12-15,35H,8-11H2,1-3H3. The van der Waals surface area contributed by atoms with E-state index in [0.717, 1.165) is 12.1 Å². The molecule has 7 nitrogen and oxygen atoms in total. The monoisotopic (exact) mass is 540 g/mol. The zero-order chi connectivity index (χ0) is 27.2. The Bertz CT molecular complexity index is 1600. The molecule has 0 bridgehead atoms. The third-order valence-electron chi connectivity index (χ3n) is 6.45. The number of ether oxygens (including phenoxy) is 2. The minimum atomic E-state index is -1.21. The number of fused-ring (bicyclic) bond motifs is 1. The van der Waals surface area contributed by atoms with Gasteiger partial charge in [0.1, 0.15) is 11.6 Å². The summed E-state index contributed by atoms with van der Waals surface area (Å²) in [6.45, 7) is 5.10. The summed E-state index contributed by atoms with van der Waals surface area (Å²) < 4.78 is 41.2. The minimum Gasteiger partial charge on any atom is -0.454 e. The van der Waals surface area contributed by atoms with E-state index in [4.69, 9.17) is 9.47 Å². The highest BCUT2D eigenvalue weighted by Gasteiger charge is 2.25. The molecule has 1 N–H and O–H groups in total. The van der Waals surface area contributed by atoms with Gasteiger partial charge in [0.2, 0.25) is 0 Å². The van der Waals surface area contributed by atoms with Crippen LogP contribution >= 0.6 is 11.3 Å². The molecule has 0 aliphatic carbocycles. The second-order valence-corrected chi connectivity index (χ2v) is 10.7. The summed E-state index contributed by atoms with van der Waals surface area (Å²) in [5, 5.41) is 11.1. The number of thiophene rings is 1. The van der Waals surface area contributed by atoms with Gasteiger partial charge in [-0.3, -0.25) is 9.59 Å². The third kappa shape index (κ3) is 4.94. The molecule has 0 spiro atoms. The van der Waals surface area contributed by atoms with Crippen molar-refractivity contribution in [3.05, 3.63) is 81.1 Å². The van der Waals surface area contributed by atoms with E-state index in [-0.39, 0.29) is 23.0 Å². The number of aryl methyl sites for hydroxylation is 1. The van der Waals surface area contributed by atoms with Gasteiger partial charge in [-0.1, -0.05) is 6.07 Å². The first-order valence-electron chi connectivity index (χ1n) is 12.0. The molecule has 38 heavy (non-hydrogen) atoms. The van der Waals surface area contributed by atoms with E-state index >= 15 is 0 Å². The molecule has 2 aromatic carbocycles. The van der Waals surface area contributed by atoms with Gasteiger partial charge in [0.15, 0.2) is 11.6 Å². The Morgan fingerprint density at radius 1 is 1.05 bits per heavy atom. The number of hydrogen-bond acceptors (Lipinski definition) is 6. The van der Waals surface area contributed by atoms with Gasteiger partial charge in [-0.2, -0.15) is 0 Å². The van der Waals surface area contributed by atoms with Crippen LogP contribution in [0.25, 0.3) is 21.2 Å². The van der Waals surface area contributed by atoms with Crippen molar-refractivity contribution in [1.82, 2.24) is 9.47 Å². The van der Waals surface area contributed by atoms with Crippen LogP contribution in [0.15, 0.2) is 53.5 Å². The topological polar surface area (TPSA) is 81.0 Å². The average molecular weight is 541 g/mol. The lowest BCUT2D eigenvalue weighted by Crippen LogP contribution is -2.40. The number of pyridine rings is 1. The molecule has 5 rings (SSSR count). The van der Waals surface area contributed by atoms with E-state index in [1.807, 2.05) is 0 Å². The van der Waals surface area contributed by atoms with Crippen molar-refractivity contribution >= 4 is 27.3 Å². The number of benzene rings is 2. The Balaban J connectivity index is 1.70. The number of aromatic nitrogens is 1. The maximum absolute atomic E-state index is 14.5. The number of rotatable bonds is 5. The molecule has 2 aromatic heterocycles. The minimum absolute atomic E-state index is 0.181. The summed E-state index contributed by atoms with van der Waals surface area (Å²) >= 11 is 1.19. The number of carbonyl (C=O) groups is 1. The Kier molecular flexibility index (Phi) is 6.81. The zero-order valence-corrected chi connectivity index (χ0v) is 21.9. The van der Waals surface area contributed by atoms with Crippen molar-refractivity contribution in [1.29, 1.82) is 0 Å². The van der Waals surface area contributed by atoms with E-state index in [0.29, 0.717) is 58.0 Å². The van der Waals surface area contributed by atoms with E-state index in [1.54, 1.807) is 56.3 Å². The highest BCUT2D eigenvalue weighted by atomic mass is 32.1. The summed E-state index contributed by atoms with van der Waals surface area (Å²) in [6.07, 6.45) is 1.63. The summed E-state index contributed by atoms with van der Waals surface area (Å²) in [7, 11) is 1.60. The van der Waals surface area contributed by atoms with Crippen LogP contribution in [0.4, 0.5) is 8.78 Å². The normalized spacial score (nSPS) is 14.2. The van der Waals surface area contributed by atoms with Crippen LogP contribution in [-0.4, -0.2) is 46.8 Å². The van der Waals surface area contributed by atoms with Crippen LogP contribution < -0.4 is 10.3 Å².